The van der Waals surface area contributed by atoms with E-state index in [9.17, 15) is 8.78 Å². The second-order valence-corrected chi connectivity index (χ2v) is 2.99. The number of hydrogen-bond acceptors (Lipinski definition) is 3. The van der Waals surface area contributed by atoms with Crippen LogP contribution in [0.15, 0.2) is 12.4 Å². The molecule has 0 fully saturated rings. The minimum absolute atomic E-state index is 0.0324. The van der Waals surface area contributed by atoms with Gasteiger partial charge in [-0.25, -0.2) is 4.98 Å². The zero-order chi connectivity index (χ0) is 10.6. The molecule has 0 aliphatic rings. The lowest BCUT2D eigenvalue weighted by atomic mass is 10.3. The Labute approximate surface area is 80.6 Å². The third kappa shape index (κ3) is 2.74. The van der Waals surface area contributed by atoms with E-state index in [1.165, 1.54) is 12.4 Å². The number of nitrogens with one attached hydrogen (secondary N) is 1. The predicted octanol–water partition coefficient (Wildman–Crippen LogP) is 0.749. The molecule has 0 bridgehead atoms. The van der Waals surface area contributed by atoms with Gasteiger partial charge in [0.1, 0.15) is 5.82 Å². The molecule has 0 aromatic carbocycles. The monoisotopic (exact) mass is 205 g/mol. The number of halogens is 2. The summed E-state index contributed by atoms with van der Waals surface area (Å²) in [5.41, 5.74) is 0. The lowest BCUT2D eigenvalue weighted by Gasteiger charge is -2.11. The van der Waals surface area contributed by atoms with E-state index in [1.54, 1.807) is 6.92 Å². The highest BCUT2D eigenvalue weighted by Crippen LogP contribution is 2.11. The Bertz CT molecular complexity index is 277. The van der Waals surface area contributed by atoms with Gasteiger partial charge in [-0.05, 0) is 6.92 Å². The van der Waals surface area contributed by atoms with Gasteiger partial charge in [-0.3, -0.25) is 4.57 Å². The summed E-state index contributed by atoms with van der Waals surface area (Å²) in [5, 5.41) is 11.6. The molecule has 4 nitrogen and oxygen atoms in total. The van der Waals surface area contributed by atoms with Crippen LogP contribution in [0.5, 0.6) is 0 Å². The van der Waals surface area contributed by atoms with Crippen molar-refractivity contribution in [3.8, 4) is 0 Å². The first-order valence-corrected chi connectivity index (χ1v) is 4.29. The van der Waals surface area contributed by atoms with E-state index in [0.29, 0.717) is 0 Å². The number of rotatable bonds is 5. The Balaban J connectivity index is 2.54. The topological polar surface area (TPSA) is 50.1 Å². The average Bonchev–Trinajstić information content (AvgIpc) is 2.62. The fourth-order valence-electron chi connectivity index (χ4n) is 0.989. The van der Waals surface area contributed by atoms with Gasteiger partial charge < -0.3 is 10.4 Å². The molecule has 1 aromatic heterocycles. The highest BCUT2D eigenvalue weighted by atomic mass is 19.3. The van der Waals surface area contributed by atoms with E-state index in [4.69, 9.17) is 5.11 Å². The smallest absolute Gasteiger partial charge is 0.319 e. The van der Waals surface area contributed by atoms with Crippen LogP contribution in [-0.4, -0.2) is 27.3 Å². The Morgan fingerprint density at radius 2 is 2.36 bits per heavy atom. The van der Waals surface area contributed by atoms with E-state index >= 15 is 0 Å². The van der Waals surface area contributed by atoms with Crippen LogP contribution in [0.25, 0.3) is 0 Å². The van der Waals surface area contributed by atoms with Crippen molar-refractivity contribution in [2.24, 2.45) is 0 Å². The summed E-state index contributed by atoms with van der Waals surface area (Å²) in [6, 6.07) is -0.127. The second kappa shape index (κ2) is 5.02. The van der Waals surface area contributed by atoms with Crippen LogP contribution in [0.3, 0.4) is 0 Å². The molecule has 0 radical (unpaired) electrons. The van der Waals surface area contributed by atoms with Gasteiger partial charge in [0, 0.05) is 18.4 Å². The van der Waals surface area contributed by atoms with Gasteiger partial charge in [0.2, 0.25) is 0 Å². The third-order valence-corrected chi connectivity index (χ3v) is 1.84. The SMILES string of the molecule is CC(CO)NCc1nccn1C(F)F. The molecule has 0 aliphatic heterocycles. The maximum Gasteiger partial charge on any atom is 0.319 e. The highest BCUT2D eigenvalue weighted by Gasteiger charge is 2.11. The number of aliphatic hydroxyl groups is 1. The summed E-state index contributed by atoms with van der Waals surface area (Å²) in [6.07, 6.45) is 2.55. The van der Waals surface area contributed by atoms with Crippen LogP contribution >= 0.6 is 0 Å². The number of nitrogens with zero attached hydrogens (tertiary/aromatic N) is 2. The van der Waals surface area contributed by atoms with Crippen molar-refractivity contribution in [2.45, 2.75) is 26.1 Å². The lowest BCUT2D eigenvalue weighted by molar-refractivity contribution is 0.0663. The standard InChI is InChI=1S/C8H13F2N3O/c1-6(5-14)12-4-7-11-2-3-13(7)8(9)10/h2-3,6,8,12,14H,4-5H2,1H3. The minimum Gasteiger partial charge on any atom is -0.395 e. The van der Waals surface area contributed by atoms with Crippen LogP contribution in [0.2, 0.25) is 0 Å². The molecule has 1 aromatic rings. The first-order valence-electron chi connectivity index (χ1n) is 4.29. The maximum atomic E-state index is 12.3. The highest BCUT2D eigenvalue weighted by molar-refractivity contribution is 4.92. The van der Waals surface area contributed by atoms with Crippen LogP contribution < -0.4 is 5.32 Å². The van der Waals surface area contributed by atoms with Gasteiger partial charge in [-0.2, -0.15) is 8.78 Å². The van der Waals surface area contributed by atoms with Gasteiger partial charge in [-0.15, -0.1) is 0 Å². The first-order chi connectivity index (χ1) is 6.65. The molecule has 0 amide bonds. The quantitative estimate of drug-likeness (QED) is 0.745. The molecule has 2 N–H and O–H groups in total. The largest absolute Gasteiger partial charge is 0.395 e. The maximum absolute atomic E-state index is 12.3. The van der Waals surface area contributed by atoms with Gasteiger partial charge in [0.25, 0.3) is 0 Å². The molecular formula is C8H13F2N3O. The Hall–Kier alpha value is -1.01. The molecule has 1 heterocycles. The van der Waals surface area contributed by atoms with E-state index in [2.05, 4.69) is 10.3 Å². The van der Waals surface area contributed by atoms with Crippen LogP contribution in [0, 0.1) is 0 Å². The number of alkyl halides is 2. The second-order valence-electron chi connectivity index (χ2n) is 2.99. The minimum atomic E-state index is -2.57. The third-order valence-electron chi connectivity index (χ3n) is 1.84. The van der Waals surface area contributed by atoms with E-state index < -0.39 is 6.55 Å². The van der Waals surface area contributed by atoms with Crippen LogP contribution in [-0.2, 0) is 6.54 Å². The molecule has 14 heavy (non-hydrogen) atoms. The summed E-state index contributed by atoms with van der Waals surface area (Å²) in [4.78, 5) is 3.78. The number of imidazole rings is 1. The molecule has 1 rings (SSSR count). The van der Waals surface area contributed by atoms with Crippen LogP contribution in [0.1, 0.15) is 19.3 Å². The van der Waals surface area contributed by atoms with Gasteiger partial charge >= 0.3 is 6.55 Å². The van der Waals surface area contributed by atoms with E-state index in [1.807, 2.05) is 0 Å². The summed E-state index contributed by atoms with van der Waals surface area (Å²) in [6.45, 7) is -0.622. The van der Waals surface area contributed by atoms with Crippen molar-refractivity contribution < 1.29 is 13.9 Å². The van der Waals surface area contributed by atoms with Crippen molar-refractivity contribution >= 4 is 0 Å². The Morgan fingerprint density at radius 1 is 1.64 bits per heavy atom. The van der Waals surface area contributed by atoms with Crippen molar-refractivity contribution in [3.63, 3.8) is 0 Å². The Morgan fingerprint density at radius 3 is 2.93 bits per heavy atom. The molecule has 1 unspecified atom stereocenters. The zero-order valence-corrected chi connectivity index (χ0v) is 7.82. The first kappa shape index (κ1) is 11.1. The van der Waals surface area contributed by atoms with E-state index in [-0.39, 0.29) is 25.0 Å². The summed E-state index contributed by atoms with van der Waals surface area (Å²) < 4.78 is 25.4. The Kier molecular flexibility index (Phi) is 3.97. The lowest BCUT2D eigenvalue weighted by Crippen LogP contribution is -2.29. The van der Waals surface area contributed by atoms with Crippen molar-refractivity contribution in [2.75, 3.05) is 6.61 Å². The molecule has 0 saturated carbocycles. The number of hydrogen-bond donors (Lipinski definition) is 2. The van der Waals surface area contributed by atoms with Crippen molar-refractivity contribution in [1.82, 2.24) is 14.9 Å². The summed E-state index contributed by atoms with van der Waals surface area (Å²) in [7, 11) is 0. The molecule has 6 heteroatoms. The average molecular weight is 205 g/mol. The summed E-state index contributed by atoms with van der Waals surface area (Å²) in [5.74, 6) is 0.264. The molecule has 1 atom stereocenters. The number of aromatic nitrogens is 2. The molecule has 0 saturated heterocycles. The van der Waals surface area contributed by atoms with Gasteiger partial charge in [-0.1, -0.05) is 0 Å². The fourth-order valence-corrected chi connectivity index (χ4v) is 0.989. The zero-order valence-electron chi connectivity index (χ0n) is 7.82. The summed E-state index contributed by atoms with van der Waals surface area (Å²) >= 11 is 0. The molecule has 0 spiro atoms. The van der Waals surface area contributed by atoms with Crippen molar-refractivity contribution in [1.29, 1.82) is 0 Å². The molecule has 80 valence electrons. The number of aliphatic hydroxyl groups excluding tert-OH is 1. The van der Waals surface area contributed by atoms with E-state index in [0.717, 1.165) is 4.57 Å². The van der Waals surface area contributed by atoms with Crippen molar-refractivity contribution in [3.05, 3.63) is 18.2 Å². The predicted molar refractivity (Wildman–Crippen MR) is 46.9 cm³/mol. The molecule has 0 aliphatic carbocycles. The van der Waals surface area contributed by atoms with Crippen LogP contribution in [0.4, 0.5) is 8.78 Å². The van der Waals surface area contributed by atoms with Gasteiger partial charge in [0.15, 0.2) is 0 Å². The van der Waals surface area contributed by atoms with Gasteiger partial charge in [0.05, 0.1) is 13.2 Å². The normalized spacial score (nSPS) is 13.5. The fraction of sp³-hybridized carbons (Fsp3) is 0.625. The molecular weight excluding hydrogens is 192 g/mol.